The molecule has 2 heterocycles. The van der Waals surface area contributed by atoms with Crippen LogP contribution in [-0.2, 0) is 0 Å². The SMILES string of the molecule is CC(CN1CCNCC1)C(O)c1ccc(Br)s1. The summed E-state index contributed by atoms with van der Waals surface area (Å²) in [6.07, 6.45) is -0.346. The number of hydrogen-bond donors (Lipinski definition) is 2. The van der Waals surface area contributed by atoms with Crippen LogP contribution in [0.15, 0.2) is 15.9 Å². The molecule has 0 amide bonds. The number of aliphatic hydroxyl groups is 1. The summed E-state index contributed by atoms with van der Waals surface area (Å²) < 4.78 is 1.08. The first-order valence-corrected chi connectivity index (χ1v) is 7.64. The summed E-state index contributed by atoms with van der Waals surface area (Å²) in [5.74, 6) is 0.277. The van der Waals surface area contributed by atoms with Gasteiger partial charge in [0.25, 0.3) is 0 Å². The number of hydrogen-bond acceptors (Lipinski definition) is 4. The number of aliphatic hydroxyl groups excluding tert-OH is 1. The predicted octanol–water partition coefficient (Wildman–Crippen LogP) is 2.09. The summed E-state index contributed by atoms with van der Waals surface area (Å²) in [6.45, 7) is 7.40. The fourth-order valence-electron chi connectivity index (χ4n) is 2.17. The Hall–Kier alpha value is 0.0600. The normalized spacial score (nSPS) is 21.4. The Morgan fingerprint density at radius 2 is 2.18 bits per heavy atom. The van der Waals surface area contributed by atoms with Gasteiger partial charge in [0.1, 0.15) is 0 Å². The molecule has 2 unspecified atom stereocenters. The molecule has 2 atom stereocenters. The monoisotopic (exact) mass is 318 g/mol. The molecule has 3 nitrogen and oxygen atoms in total. The lowest BCUT2D eigenvalue weighted by Crippen LogP contribution is -2.45. The van der Waals surface area contributed by atoms with E-state index >= 15 is 0 Å². The van der Waals surface area contributed by atoms with E-state index in [1.807, 2.05) is 12.1 Å². The molecule has 2 rings (SSSR count). The minimum Gasteiger partial charge on any atom is -0.387 e. The van der Waals surface area contributed by atoms with Gasteiger partial charge in [-0.2, -0.15) is 0 Å². The Labute approximate surface area is 115 Å². The highest BCUT2D eigenvalue weighted by Gasteiger charge is 2.21. The van der Waals surface area contributed by atoms with E-state index in [-0.39, 0.29) is 12.0 Å². The molecule has 0 bridgehead atoms. The molecular formula is C12H19BrN2OS. The van der Waals surface area contributed by atoms with Crippen LogP contribution in [0.5, 0.6) is 0 Å². The zero-order chi connectivity index (χ0) is 12.3. The van der Waals surface area contributed by atoms with Crippen molar-refractivity contribution in [1.82, 2.24) is 10.2 Å². The van der Waals surface area contributed by atoms with Gasteiger partial charge in [-0.3, -0.25) is 0 Å². The molecule has 1 aliphatic rings. The molecule has 1 saturated heterocycles. The van der Waals surface area contributed by atoms with E-state index in [4.69, 9.17) is 0 Å². The minimum absolute atomic E-state index is 0.277. The summed E-state index contributed by atoms with van der Waals surface area (Å²) in [6, 6.07) is 4.01. The number of piperazine rings is 1. The quantitative estimate of drug-likeness (QED) is 0.892. The summed E-state index contributed by atoms with van der Waals surface area (Å²) in [5, 5.41) is 13.6. The second kappa shape index (κ2) is 6.29. The third-order valence-electron chi connectivity index (χ3n) is 3.18. The number of halogens is 1. The van der Waals surface area contributed by atoms with Gasteiger partial charge >= 0.3 is 0 Å². The van der Waals surface area contributed by atoms with E-state index in [2.05, 4.69) is 33.1 Å². The van der Waals surface area contributed by atoms with Crippen LogP contribution in [0.2, 0.25) is 0 Å². The van der Waals surface area contributed by atoms with Crippen LogP contribution in [0.3, 0.4) is 0 Å². The van der Waals surface area contributed by atoms with Crippen molar-refractivity contribution < 1.29 is 5.11 Å². The van der Waals surface area contributed by atoms with Gasteiger partial charge in [0, 0.05) is 37.6 Å². The van der Waals surface area contributed by atoms with Crippen molar-refractivity contribution in [2.45, 2.75) is 13.0 Å². The zero-order valence-corrected chi connectivity index (χ0v) is 12.4. The van der Waals surface area contributed by atoms with Gasteiger partial charge in [-0.25, -0.2) is 0 Å². The van der Waals surface area contributed by atoms with Gasteiger partial charge in [0.05, 0.1) is 9.89 Å². The van der Waals surface area contributed by atoms with E-state index in [1.54, 1.807) is 11.3 Å². The largest absolute Gasteiger partial charge is 0.387 e. The van der Waals surface area contributed by atoms with Crippen LogP contribution in [0.25, 0.3) is 0 Å². The first kappa shape index (κ1) is 13.5. The summed E-state index contributed by atoms with van der Waals surface area (Å²) >= 11 is 5.06. The molecule has 17 heavy (non-hydrogen) atoms. The number of rotatable bonds is 4. The molecule has 1 aromatic rings. The highest BCUT2D eigenvalue weighted by Crippen LogP contribution is 2.31. The molecule has 1 fully saturated rings. The molecule has 0 radical (unpaired) electrons. The van der Waals surface area contributed by atoms with E-state index in [0.29, 0.717) is 0 Å². The fourth-order valence-corrected chi connectivity index (χ4v) is 3.71. The molecule has 96 valence electrons. The van der Waals surface area contributed by atoms with Crippen LogP contribution in [0.1, 0.15) is 17.9 Å². The minimum atomic E-state index is -0.346. The molecule has 0 aromatic carbocycles. The van der Waals surface area contributed by atoms with Crippen molar-refractivity contribution >= 4 is 27.3 Å². The molecule has 0 aliphatic carbocycles. The third-order valence-corrected chi connectivity index (χ3v) is 4.87. The Morgan fingerprint density at radius 3 is 2.76 bits per heavy atom. The van der Waals surface area contributed by atoms with Crippen LogP contribution in [0, 0.1) is 5.92 Å². The number of nitrogens with one attached hydrogen (secondary N) is 1. The van der Waals surface area contributed by atoms with Crippen LogP contribution < -0.4 is 5.32 Å². The first-order chi connectivity index (χ1) is 8.16. The molecular weight excluding hydrogens is 300 g/mol. The highest BCUT2D eigenvalue weighted by molar-refractivity contribution is 9.11. The van der Waals surface area contributed by atoms with Crippen LogP contribution >= 0.6 is 27.3 Å². The van der Waals surface area contributed by atoms with Gasteiger partial charge in [0.2, 0.25) is 0 Å². The van der Waals surface area contributed by atoms with Crippen molar-refractivity contribution in [3.8, 4) is 0 Å². The summed E-state index contributed by atoms with van der Waals surface area (Å²) in [5.41, 5.74) is 0. The topological polar surface area (TPSA) is 35.5 Å². The van der Waals surface area contributed by atoms with Gasteiger partial charge in [-0.1, -0.05) is 6.92 Å². The maximum Gasteiger partial charge on any atom is 0.0919 e. The number of thiophene rings is 1. The van der Waals surface area contributed by atoms with Crippen molar-refractivity contribution in [3.63, 3.8) is 0 Å². The van der Waals surface area contributed by atoms with Crippen molar-refractivity contribution in [3.05, 3.63) is 20.8 Å². The second-order valence-corrected chi connectivity index (χ2v) is 7.11. The summed E-state index contributed by atoms with van der Waals surface area (Å²) in [4.78, 5) is 3.48. The molecule has 0 saturated carbocycles. The Kier molecular flexibility index (Phi) is 4.99. The smallest absolute Gasteiger partial charge is 0.0919 e. The maximum absolute atomic E-state index is 10.3. The Morgan fingerprint density at radius 1 is 1.47 bits per heavy atom. The predicted molar refractivity (Wildman–Crippen MR) is 75.5 cm³/mol. The van der Waals surface area contributed by atoms with Gasteiger partial charge in [-0.15, -0.1) is 11.3 Å². The third kappa shape index (κ3) is 3.76. The lowest BCUT2D eigenvalue weighted by Gasteiger charge is -2.31. The lowest BCUT2D eigenvalue weighted by molar-refractivity contribution is 0.0868. The van der Waals surface area contributed by atoms with E-state index in [0.717, 1.165) is 41.4 Å². The molecule has 1 aliphatic heterocycles. The van der Waals surface area contributed by atoms with Gasteiger partial charge in [0.15, 0.2) is 0 Å². The van der Waals surface area contributed by atoms with E-state index in [1.165, 1.54) is 0 Å². The molecule has 2 N–H and O–H groups in total. The van der Waals surface area contributed by atoms with E-state index < -0.39 is 0 Å². The van der Waals surface area contributed by atoms with Gasteiger partial charge in [-0.05, 0) is 34.0 Å². The fraction of sp³-hybridized carbons (Fsp3) is 0.667. The average molecular weight is 319 g/mol. The standard InChI is InChI=1S/C12H19BrN2OS/c1-9(8-15-6-4-14-5-7-15)12(16)10-2-3-11(13)17-10/h2-3,9,12,14,16H,4-8H2,1H3. The second-order valence-electron chi connectivity index (χ2n) is 4.61. The zero-order valence-electron chi connectivity index (χ0n) is 10.0. The average Bonchev–Trinajstić information content (AvgIpc) is 2.76. The summed E-state index contributed by atoms with van der Waals surface area (Å²) in [7, 11) is 0. The molecule has 1 aromatic heterocycles. The van der Waals surface area contributed by atoms with E-state index in [9.17, 15) is 5.11 Å². The Bertz CT molecular complexity index is 352. The van der Waals surface area contributed by atoms with Crippen molar-refractivity contribution in [2.75, 3.05) is 32.7 Å². The first-order valence-electron chi connectivity index (χ1n) is 6.03. The Balaban J connectivity index is 1.88. The van der Waals surface area contributed by atoms with Crippen molar-refractivity contribution in [1.29, 1.82) is 0 Å². The van der Waals surface area contributed by atoms with Gasteiger partial charge < -0.3 is 15.3 Å². The molecule has 0 spiro atoms. The van der Waals surface area contributed by atoms with Crippen molar-refractivity contribution in [2.24, 2.45) is 5.92 Å². The molecule has 5 heteroatoms. The number of nitrogens with zero attached hydrogens (tertiary/aromatic N) is 1. The van der Waals surface area contributed by atoms with Crippen LogP contribution in [-0.4, -0.2) is 42.7 Å². The van der Waals surface area contributed by atoms with Crippen LogP contribution in [0.4, 0.5) is 0 Å². The lowest BCUT2D eigenvalue weighted by atomic mass is 10.0. The maximum atomic E-state index is 10.3. The highest BCUT2D eigenvalue weighted by atomic mass is 79.9.